The minimum Gasteiger partial charge on any atom is -0.465 e. The summed E-state index contributed by atoms with van der Waals surface area (Å²) < 4.78 is 46.6. The second-order valence-corrected chi connectivity index (χ2v) is 5.74. The maximum Gasteiger partial charge on any atom is 0.465 e. The number of nitrogens with one attached hydrogen (secondary N) is 2. The SMILES string of the molecule is CC(=O)N[C@]1(C(F)(F)F)[NH+]=C(c2ccccc2)N(Cc2ccco2)C1=O. The van der Waals surface area contributed by atoms with Gasteiger partial charge in [-0.3, -0.25) is 10.1 Å². The van der Waals surface area contributed by atoms with E-state index in [1.54, 1.807) is 47.8 Å². The van der Waals surface area contributed by atoms with Crippen molar-refractivity contribution in [1.29, 1.82) is 0 Å². The van der Waals surface area contributed by atoms with E-state index < -0.39 is 23.7 Å². The van der Waals surface area contributed by atoms with Crippen LogP contribution in [0.25, 0.3) is 0 Å². The molecule has 1 aliphatic heterocycles. The quantitative estimate of drug-likeness (QED) is 0.830. The van der Waals surface area contributed by atoms with Crippen LogP contribution in [-0.4, -0.2) is 34.4 Å². The number of rotatable bonds is 4. The molecule has 0 saturated heterocycles. The Kier molecular flexibility index (Phi) is 4.31. The van der Waals surface area contributed by atoms with Gasteiger partial charge >= 0.3 is 17.7 Å². The Morgan fingerprint density at radius 2 is 1.92 bits per heavy atom. The van der Waals surface area contributed by atoms with E-state index >= 15 is 0 Å². The number of alkyl halides is 3. The number of benzene rings is 1. The van der Waals surface area contributed by atoms with Crippen LogP contribution in [0.2, 0.25) is 0 Å². The summed E-state index contributed by atoms with van der Waals surface area (Å²) in [5, 5.41) is 1.74. The van der Waals surface area contributed by atoms with Gasteiger partial charge in [-0.15, -0.1) is 0 Å². The van der Waals surface area contributed by atoms with E-state index in [0.717, 1.165) is 11.8 Å². The fourth-order valence-corrected chi connectivity index (χ4v) is 2.75. The molecule has 2 heterocycles. The highest BCUT2D eigenvalue weighted by molar-refractivity contribution is 6.10. The summed E-state index contributed by atoms with van der Waals surface area (Å²) in [7, 11) is 0. The first-order valence-corrected chi connectivity index (χ1v) is 7.65. The minimum atomic E-state index is -5.06. The lowest BCUT2D eigenvalue weighted by atomic mass is 10.1. The topological polar surface area (TPSA) is 76.5 Å². The number of furan rings is 1. The lowest BCUT2D eigenvalue weighted by Crippen LogP contribution is -2.96. The lowest BCUT2D eigenvalue weighted by molar-refractivity contribution is -0.581. The first-order valence-electron chi connectivity index (χ1n) is 7.65. The fraction of sp³-hybridized carbons (Fsp3) is 0.235. The molecule has 0 fully saturated rings. The van der Waals surface area contributed by atoms with E-state index in [4.69, 9.17) is 4.42 Å². The maximum atomic E-state index is 13.8. The number of carbonyl (C=O) groups is 2. The van der Waals surface area contributed by atoms with Crippen LogP contribution >= 0.6 is 0 Å². The zero-order chi connectivity index (χ0) is 18.9. The van der Waals surface area contributed by atoms with Crippen LogP contribution < -0.4 is 10.3 Å². The summed E-state index contributed by atoms with van der Waals surface area (Å²) in [6.07, 6.45) is -3.70. The average molecular weight is 366 g/mol. The number of hydrogen-bond donors (Lipinski definition) is 2. The van der Waals surface area contributed by atoms with Crippen molar-refractivity contribution in [2.24, 2.45) is 0 Å². The van der Waals surface area contributed by atoms with E-state index in [1.807, 2.05) is 0 Å². The molecule has 1 aromatic heterocycles. The third-order valence-electron chi connectivity index (χ3n) is 3.87. The smallest absolute Gasteiger partial charge is 0.465 e. The largest absolute Gasteiger partial charge is 0.465 e. The second-order valence-electron chi connectivity index (χ2n) is 5.74. The number of hydrogen-bond acceptors (Lipinski definition) is 3. The van der Waals surface area contributed by atoms with Gasteiger partial charge < -0.3 is 4.42 Å². The molecule has 1 aliphatic rings. The molecule has 2 aromatic rings. The number of halogens is 3. The molecule has 136 valence electrons. The van der Waals surface area contributed by atoms with Crippen molar-refractivity contribution in [3.05, 3.63) is 60.1 Å². The van der Waals surface area contributed by atoms with E-state index in [9.17, 15) is 22.8 Å². The lowest BCUT2D eigenvalue weighted by Gasteiger charge is -2.24. The highest BCUT2D eigenvalue weighted by Gasteiger charge is 2.72. The molecule has 6 nitrogen and oxygen atoms in total. The van der Waals surface area contributed by atoms with Gasteiger partial charge in [0.25, 0.3) is 5.84 Å². The molecule has 2 N–H and O–H groups in total. The van der Waals surface area contributed by atoms with Crippen molar-refractivity contribution in [3.8, 4) is 0 Å². The van der Waals surface area contributed by atoms with Gasteiger partial charge in [0, 0.05) is 6.92 Å². The summed E-state index contributed by atoms with van der Waals surface area (Å²) in [5.74, 6) is -2.10. The molecule has 0 bridgehead atoms. The van der Waals surface area contributed by atoms with Gasteiger partial charge in [-0.05, 0) is 24.3 Å². The molecule has 2 amide bonds. The van der Waals surface area contributed by atoms with Crippen LogP contribution in [0.1, 0.15) is 18.2 Å². The highest BCUT2D eigenvalue weighted by Crippen LogP contribution is 2.30. The molecule has 9 heteroatoms. The van der Waals surface area contributed by atoms with Gasteiger partial charge in [0.15, 0.2) is 6.54 Å². The molecule has 3 rings (SSSR count). The van der Waals surface area contributed by atoms with Crippen molar-refractivity contribution >= 4 is 17.6 Å². The van der Waals surface area contributed by atoms with Crippen LogP contribution in [0.3, 0.4) is 0 Å². The molecule has 0 radical (unpaired) electrons. The van der Waals surface area contributed by atoms with Crippen molar-refractivity contribution in [3.63, 3.8) is 0 Å². The van der Waals surface area contributed by atoms with Crippen molar-refractivity contribution in [2.75, 3.05) is 0 Å². The Hall–Kier alpha value is -3.10. The van der Waals surface area contributed by atoms with Gasteiger partial charge in [0.05, 0.1) is 11.8 Å². The highest BCUT2D eigenvalue weighted by atomic mass is 19.4. The van der Waals surface area contributed by atoms with Crippen LogP contribution in [0.5, 0.6) is 0 Å². The van der Waals surface area contributed by atoms with E-state index in [2.05, 4.69) is 4.99 Å². The third-order valence-corrected chi connectivity index (χ3v) is 3.87. The van der Waals surface area contributed by atoms with Crippen LogP contribution in [0.4, 0.5) is 13.2 Å². The Bertz CT molecular complexity index is 847. The Morgan fingerprint density at radius 1 is 1.23 bits per heavy atom. The molecular weight excluding hydrogens is 351 g/mol. The minimum absolute atomic E-state index is 0.0712. The normalized spacial score (nSPS) is 20.2. The van der Waals surface area contributed by atoms with E-state index in [-0.39, 0.29) is 12.4 Å². The average Bonchev–Trinajstić information content (AvgIpc) is 3.17. The van der Waals surface area contributed by atoms with E-state index in [0.29, 0.717) is 11.3 Å². The van der Waals surface area contributed by atoms with Gasteiger partial charge in [0.1, 0.15) is 5.76 Å². The van der Waals surface area contributed by atoms with Crippen LogP contribution in [-0.2, 0) is 16.1 Å². The Morgan fingerprint density at radius 3 is 2.46 bits per heavy atom. The van der Waals surface area contributed by atoms with Gasteiger partial charge in [-0.25, -0.2) is 9.79 Å². The fourth-order valence-electron chi connectivity index (χ4n) is 2.75. The zero-order valence-electron chi connectivity index (χ0n) is 13.6. The van der Waals surface area contributed by atoms with Crippen molar-refractivity contribution < 1.29 is 32.2 Å². The molecule has 0 aliphatic carbocycles. The number of amidine groups is 1. The number of amides is 2. The molecule has 0 unspecified atom stereocenters. The van der Waals surface area contributed by atoms with E-state index in [1.165, 1.54) is 6.26 Å². The van der Waals surface area contributed by atoms with Crippen molar-refractivity contribution in [1.82, 2.24) is 10.2 Å². The molecular formula is C17H15F3N3O3+. The summed E-state index contributed by atoms with van der Waals surface area (Å²) in [4.78, 5) is 27.3. The van der Waals surface area contributed by atoms with Gasteiger partial charge in [-0.1, -0.05) is 18.2 Å². The third kappa shape index (κ3) is 2.96. The summed E-state index contributed by atoms with van der Waals surface area (Å²) in [6, 6.07) is 11.2. The van der Waals surface area contributed by atoms with Crippen molar-refractivity contribution in [2.45, 2.75) is 25.3 Å². The summed E-state index contributed by atoms with van der Waals surface area (Å²) in [6.45, 7) is 0.695. The molecule has 0 spiro atoms. The summed E-state index contributed by atoms with van der Waals surface area (Å²) >= 11 is 0. The van der Waals surface area contributed by atoms with Crippen LogP contribution in [0, 0.1) is 0 Å². The predicted molar refractivity (Wildman–Crippen MR) is 83.4 cm³/mol. The van der Waals surface area contributed by atoms with Gasteiger partial charge in [0.2, 0.25) is 5.91 Å². The zero-order valence-corrected chi connectivity index (χ0v) is 13.6. The first-order chi connectivity index (χ1) is 12.2. The Labute approximate surface area is 146 Å². The monoisotopic (exact) mass is 366 g/mol. The molecule has 0 saturated carbocycles. The number of nitrogens with zero attached hydrogens (tertiary/aromatic N) is 1. The first kappa shape index (κ1) is 17.7. The summed E-state index contributed by atoms with van der Waals surface area (Å²) in [5.41, 5.74) is -2.87. The standard InChI is InChI=1S/C17H14F3N3O3/c1-11(24)21-16(17(18,19)20)15(25)23(10-13-8-5-9-26-13)14(22-16)12-6-3-2-4-7-12/h2-9H,10H2,1H3,(H,21,24)/p+1/t16-/m0/s1. The predicted octanol–water partition coefficient (Wildman–Crippen LogP) is 0.544. The molecule has 1 atom stereocenters. The molecule has 1 aromatic carbocycles. The number of carbonyl (C=O) groups excluding carboxylic acids is 2. The maximum absolute atomic E-state index is 13.8. The second kappa shape index (κ2) is 6.32. The van der Waals surface area contributed by atoms with Gasteiger partial charge in [-0.2, -0.15) is 18.1 Å². The molecule has 26 heavy (non-hydrogen) atoms. The Balaban J connectivity index is 2.13. The van der Waals surface area contributed by atoms with Crippen LogP contribution in [0.15, 0.2) is 53.1 Å².